The first-order chi connectivity index (χ1) is 9.71. The van der Waals surface area contributed by atoms with Gasteiger partial charge in [0.2, 0.25) is 0 Å². The number of methoxy groups -OCH3 is 1. The van der Waals surface area contributed by atoms with E-state index in [0.717, 1.165) is 5.75 Å². The standard InChI is InChI=1S/C19H24O/c1-19-10-3-4-18(19)17-7-5-13-12-14(20-2)6-8-15(13)16(17)9-11-19/h6,8,12,16H,3-5,7,9-11H2,1-2H3. The molecule has 0 amide bonds. The predicted octanol–water partition coefficient (Wildman–Crippen LogP) is 5.01. The molecule has 1 aromatic carbocycles. The van der Waals surface area contributed by atoms with Crippen LogP contribution in [0, 0.1) is 5.41 Å². The molecule has 1 saturated carbocycles. The molecule has 3 aliphatic rings. The van der Waals surface area contributed by atoms with Crippen molar-refractivity contribution in [1.29, 1.82) is 0 Å². The van der Waals surface area contributed by atoms with E-state index in [9.17, 15) is 0 Å². The lowest BCUT2D eigenvalue weighted by atomic mass is 9.64. The zero-order valence-electron chi connectivity index (χ0n) is 12.7. The van der Waals surface area contributed by atoms with E-state index >= 15 is 0 Å². The van der Waals surface area contributed by atoms with E-state index in [4.69, 9.17) is 4.74 Å². The van der Waals surface area contributed by atoms with Crippen molar-refractivity contribution in [1.82, 2.24) is 0 Å². The molecule has 3 aliphatic carbocycles. The molecule has 1 fully saturated rings. The molecule has 0 aromatic heterocycles. The van der Waals surface area contributed by atoms with Crippen molar-refractivity contribution in [2.24, 2.45) is 5.41 Å². The van der Waals surface area contributed by atoms with Gasteiger partial charge in [0.05, 0.1) is 7.11 Å². The molecule has 2 unspecified atom stereocenters. The normalized spacial score (nSPS) is 31.6. The van der Waals surface area contributed by atoms with Crippen molar-refractivity contribution in [2.75, 3.05) is 7.11 Å². The van der Waals surface area contributed by atoms with E-state index in [1.807, 2.05) is 11.1 Å². The summed E-state index contributed by atoms with van der Waals surface area (Å²) in [6.45, 7) is 2.52. The Morgan fingerprint density at radius 1 is 1.15 bits per heavy atom. The Hall–Kier alpha value is -1.24. The summed E-state index contributed by atoms with van der Waals surface area (Å²) in [6.07, 6.45) is 9.45. The van der Waals surface area contributed by atoms with Crippen molar-refractivity contribution >= 4 is 0 Å². The average molecular weight is 268 g/mol. The van der Waals surface area contributed by atoms with Gasteiger partial charge in [-0.1, -0.05) is 24.1 Å². The Morgan fingerprint density at radius 2 is 2.05 bits per heavy atom. The summed E-state index contributed by atoms with van der Waals surface area (Å²) in [5, 5.41) is 0. The van der Waals surface area contributed by atoms with Crippen LogP contribution in [0.3, 0.4) is 0 Å². The number of fused-ring (bicyclic) bond motifs is 4. The van der Waals surface area contributed by atoms with E-state index in [2.05, 4.69) is 25.1 Å². The minimum atomic E-state index is 0.551. The first-order valence-corrected chi connectivity index (χ1v) is 8.10. The Balaban J connectivity index is 1.80. The number of rotatable bonds is 1. The van der Waals surface area contributed by atoms with Gasteiger partial charge in [-0.05, 0) is 73.6 Å². The minimum Gasteiger partial charge on any atom is -0.497 e. The maximum Gasteiger partial charge on any atom is 0.119 e. The lowest BCUT2D eigenvalue weighted by Gasteiger charge is -2.41. The van der Waals surface area contributed by atoms with Crippen molar-refractivity contribution < 1.29 is 4.74 Å². The third-order valence-electron chi connectivity index (χ3n) is 6.07. The fourth-order valence-corrected chi connectivity index (χ4v) is 4.98. The lowest BCUT2D eigenvalue weighted by molar-refractivity contribution is 0.322. The molecule has 0 aliphatic heterocycles. The smallest absolute Gasteiger partial charge is 0.119 e. The Morgan fingerprint density at radius 3 is 2.90 bits per heavy atom. The van der Waals surface area contributed by atoms with Gasteiger partial charge in [0.25, 0.3) is 0 Å². The van der Waals surface area contributed by atoms with Gasteiger partial charge < -0.3 is 4.74 Å². The number of allylic oxidation sites excluding steroid dienone is 2. The number of aryl methyl sites for hydroxylation is 1. The second kappa shape index (κ2) is 4.38. The first kappa shape index (κ1) is 12.5. The Kier molecular flexibility index (Phi) is 2.73. The van der Waals surface area contributed by atoms with Crippen LogP contribution in [-0.4, -0.2) is 7.11 Å². The molecule has 1 heteroatoms. The average Bonchev–Trinajstić information content (AvgIpc) is 2.88. The van der Waals surface area contributed by atoms with Crippen LogP contribution in [0.2, 0.25) is 0 Å². The van der Waals surface area contributed by atoms with E-state index in [1.165, 1.54) is 50.5 Å². The van der Waals surface area contributed by atoms with Crippen LogP contribution in [0.5, 0.6) is 5.75 Å². The van der Waals surface area contributed by atoms with Crippen LogP contribution >= 0.6 is 0 Å². The third-order valence-corrected chi connectivity index (χ3v) is 6.07. The molecule has 0 saturated heterocycles. The van der Waals surface area contributed by atoms with Crippen LogP contribution in [0.15, 0.2) is 29.3 Å². The molecule has 2 atom stereocenters. The zero-order valence-corrected chi connectivity index (χ0v) is 12.7. The number of hydrogen-bond acceptors (Lipinski definition) is 1. The van der Waals surface area contributed by atoms with Gasteiger partial charge in [-0.15, -0.1) is 0 Å². The minimum absolute atomic E-state index is 0.551. The summed E-state index contributed by atoms with van der Waals surface area (Å²) in [7, 11) is 1.77. The van der Waals surface area contributed by atoms with Crippen LogP contribution in [0.1, 0.15) is 62.5 Å². The molecule has 0 heterocycles. The van der Waals surface area contributed by atoms with Gasteiger partial charge in [-0.2, -0.15) is 0 Å². The first-order valence-electron chi connectivity index (χ1n) is 8.10. The van der Waals surface area contributed by atoms with E-state index in [0.29, 0.717) is 11.3 Å². The van der Waals surface area contributed by atoms with E-state index in [-0.39, 0.29) is 0 Å². The molecule has 1 aromatic rings. The second-order valence-corrected chi connectivity index (χ2v) is 7.07. The van der Waals surface area contributed by atoms with Gasteiger partial charge in [-0.3, -0.25) is 0 Å². The summed E-state index contributed by atoms with van der Waals surface area (Å²) < 4.78 is 5.39. The van der Waals surface area contributed by atoms with Crippen molar-refractivity contribution in [3.63, 3.8) is 0 Å². The fraction of sp³-hybridized carbons (Fsp3) is 0.579. The Labute approximate surface area is 122 Å². The topological polar surface area (TPSA) is 9.23 Å². The van der Waals surface area contributed by atoms with E-state index in [1.54, 1.807) is 12.7 Å². The third kappa shape index (κ3) is 1.68. The zero-order chi connectivity index (χ0) is 13.7. The van der Waals surface area contributed by atoms with E-state index < -0.39 is 0 Å². The van der Waals surface area contributed by atoms with Gasteiger partial charge in [0, 0.05) is 5.92 Å². The van der Waals surface area contributed by atoms with Gasteiger partial charge in [0.1, 0.15) is 5.75 Å². The SMILES string of the molecule is COc1ccc2c(c1)CCC1=C3CCCC3(C)CCC12. The molecule has 106 valence electrons. The fourth-order valence-electron chi connectivity index (χ4n) is 4.98. The number of benzene rings is 1. The predicted molar refractivity (Wildman–Crippen MR) is 82.3 cm³/mol. The highest BCUT2D eigenvalue weighted by atomic mass is 16.5. The van der Waals surface area contributed by atoms with Crippen LogP contribution < -0.4 is 4.74 Å². The monoisotopic (exact) mass is 268 g/mol. The molecule has 1 nitrogen and oxygen atoms in total. The van der Waals surface area contributed by atoms with Crippen LogP contribution in [0.25, 0.3) is 0 Å². The van der Waals surface area contributed by atoms with Crippen molar-refractivity contribution in [3.05, 3.63) is 40.5 Å². The molecule has 0 spiro atoms. The highest BCUT2D eigenvalue weighted by Gasteiger charge is 2.42. The molecular formula is C19H24O. The molecule has 0 radical (unpaired) electrons. The summed E-state index contributed by atoms with van der Waals surface area (Å²) in [5.74, 6) is 1.73. The van der Waals surface area contributed by atoms with Crippen molar-refractivity contribution in [3.8, 4) is 5.75 Å². The summed E-state index contributed by atoms with van der Waals surface area (Å²) in [4.78, 5) is 0. The van der Waals surface area contributed by atoms with Gasteiger partial charge >= 0.3 is 0 Å². The summed E-state index contributed by atoms with van der Waals surface area (Å²) in [6, 6.07) is 6.74. The number of hydrogen-bond donors (Lipinski definition) is 0. The maximum absolute atomic E-state index is 5.39. The molecule has 20 heavy (non-hydrogen) atoms. The summed E-state index contributed by atoms with van der Waals surface area (Å²) in [5.41, 5.74) is 7.33. The highest BCUT2D eigenvalue weighted by Crippen LogP contribution is 2.57. The molecule has 4 rings (SSSR count). The molecule has 0 N–H and O–H groups in total. The number of ether oxygens (including phenoxy) is 1. The molecular weight excluding hydrogens is 244 g/mol. The van der Waals surface area contributed by atoms with Gasteiger partial charge in [0.15, 0.2) is 0 Å². The maximum atomic E-state index is 5.39. The second-order valence-electron chi connectivity index (χ2n) is 7.07. The van der Waals surface area contributed by atoms with Crippen LogP contribution in [-0.2, 0) is 6.42 Å². The molecule has 0 bridgehead atoms. The summed E-state index contributed by atoms with van der Waals surface area (Å²) >= 11 is 0. The van der Waals surface area contributed by atoms with Gasteiger partial charge in [-0.25, -0.2) is 0 Å². The largest absolute Gasteiger partial charge is 0.497 e. The Bertz CT molecular complexity index is 583. The van der Waals surface area contributed by atoms with Crippen molar-refractivity contribution in [2.45, 2.75) is 57.8 Å². The van der Waals surface area contributed by atoms with Crippen LogP contribution in [0.4, 0.5) is 0 Å². The quantitative estimate of drug-likeness (QED) is 0.651. The lowest BCUT2D eigenvalue weighted by Crippen LogP contribution is -2.27. The highest BCUT2D eigenvalue weighted by molar-refractivity contribution is 5.48.